The van der Waals surface area contributed by atoms with Crippen LogP contribution in [-0.2, 0) is 0 Å². The highest BCUT2D eigenvalue weighted by molar-refractivity contribution is 6.03. The van der Waals surface area contributed by atoms with E-state index in [2.05, 4.69) is 16.0 Å². The number of amides is 3. The van der Waals surface area contributed by atoms with E-state index in [1.807, 2.05) is 20.9 Å². The van der Waals surface area contributed by atoms with Crippen molar-refractivity contribution in [2.45, 2.75) is 19.9 Å². The lowest BCUT2D eigenvalue weighted by molar-refractivity contribution is 0.0798. The van der Waals surface area contributed by atoms with Crippen LogP contribution in [-0.4, -0.2) is 50.1 Å². The van der Waals surface area contributed by atoms with Gasteiger partial charge in [0.2, 0.25) is 0 Å². The third-order valence-electron chi connectivity index (χ3n) is 2.87. The van der Waals surface area contributed by atoms with E-state index in [0.717, 1.165) is 0 Å². The molecule has 3 amide bonds. The molecule has 0 aromatic heterocycles. The molecule has 0 radical (unpaired) electrons. The Morgan fingerprint density at radius 3 is 2.45 bits per heavy atom. The van der Waals surface area contributed by atoms with Crippen molar-refractivity contribution >= 4 is 30.0 Å². The molecule has 6 nitrogen and oxygen atoms in total. The molecule has 0 spiro atoms. The molecule has 0 saturated carbocycles. The molecular weight excluding hydrogens is 304 g/mol. The van der Waals surface area contributed by atoms with Crippen LogP contribution in [0.3, 0.4) is 0 Å². The van der Waals surface area contributed by atoms with Gasteiger partial charge in [-0.3, -0.25) is 4.79 Å². The average Bonchev–Trinajstić information content (AvgIpc) is 2.43. The maximum absolute atomic E-state index is 12.4. The van der Waals surface area contributed by atoms with Gasteiger partial charge in [0.25, 0.3) is 5.91 Å². The van der Waals surface area contributed by atoms with E-state index in [9.17, 15) is 9.59 Å². The minimum Gasteiger partial charge on any atom is -0.340 e. The monoisotopic (exact) mass is 328 g/mol. The van der Waals surface area contributed by atoms with E-state index in [1.54, 1.807) is 36.2 Å². The van der Waals surface area contributed by atoms with E-state index in [4.69, 9.17) is 0 Å². The number of hydrogen-bond donors (Lipinski definition) is 3. The molecule has 3 N–H and O–H groups in total. The number of rotatable bonds is 6. The number of nitrogens with one attached hydrogen (secondary N) is 3. The second kappa shape index (κ2) is 10.0. The summed E-state index contributed by atoms with van der Waals surface area (Å²) in [4.78, 5) is 25.8. The van der Waals surface area contributed by atoms with Crippen molar-refractivity contribution in [3.63, 3.8) is 0 Å². The Bertz CT molecular complexity index is 494. The van der Waals surface area contributed by atoms with Gasteiger partial charge in [0.15, 0.2) is 0 Å². The van der Waals surface area contributed by atoms with Crippen LogP contribution in [0.15, 0.2) is 24.3 Å². The predicted octanol–water partition coefficient (Wildman–Crippen LogP) is 1.93. The standard InChI is InChI=1S/C15H24N4O2.ClH/c1-11(2)17-15(21)18-13-8-6-5-7-12(13)14(20)19(4)10-9-16-3;/h5-8,11,16H,9-10H2,1-4H3,(H2,17,18,21);1H. The van der Waals surface area contributed by atoms with Crippen molar-refractivity contribution in [1.29, 1.82) is 0 Å². The lowest BCUT2D eigenvalue weighted by atomic mass is 10.1. The van der Waals surface area contributed by atoms with Crippen LogP contribution in [0.2, 0.25) is 0 Å². The summed E-state index contributed by atoms with van der Waals surface area (Å²) in [5.74, 6) is -0.120. The van der Waals surface area contributed by atoms with Gasteiger partial charge in [-0.15, -0.1) is 12.4 Å². The lowest BCUT2D eigenvalue weighted by Crippen LogP contribution is -2.36. The number of halogens is 1. The van der Waals surface area contributed by atoms with Gasteiger partial charge in [0, 0.05) is 26.2 Å². The van der Waals surface area contributed by atoms with Gasteiger partial charge >= 0.3 is 6.03 Å². The zero-order chi connectivity index (χ0) is 15.8. The SMILES string of the molecule is CNCCN(C)C(=O)c1ccccc1NC(=O)NC(C)C.Cl. The van der Waals surface area contributed by atoms with Gasteiger partial charge in [-0.25, -0.2) is 4.79 Å². The van der Waals surface area contributed by atoms with Gasteiger partial charge < -0.3 is 20.9 Å². The Morgan fingerprint density at radius 2 is 1.86 bits per heavy atom. The molecule has 0 unspecified atom stereocenters. The average molecular weight is 329 g/mol. The number of carbonyl (C=O) groups is 2. The van der Waals surface area contributed by atoms with Gasteiger partial charge in [-0.1, -0.05) is 12.1 Å². The summed E-state index contributed by atoms with van der Waals surface area (Å²) >= 11 is 0. The van der Waals surface area contributed by atoms with Crippen molar-refractivity contribution in [2.24, 2.45) is 0 Å². The fourth-order valence-corrected chi connectivity index (χ4v) is 1.79. The number of anilines is 1. The number of urea groups is 1. The first-order valence-corrected chi connectivity index (χ1v) is 7.02. The molecule has 0 atom stereocenters. The molecule has 1 aromatic carbocycles. The van der Waals surface area contributed by atoms with E-state index in [1.165, 1.54) is 0 Å². The fraction of sp³-hybridized carbons (Fsp3) is 0.467. The first-order valence-electron chi connectivity index (χ1n) is 7.02. The van der Waals surface area contributed by atoms with Crippen LogP contribution in [0.1, 0.15) is 24.2 Å². The van der Waals surface area contributed by atoms with E-state index < -0.39 is 0 Å². The largest absolute Gasteiger partial charge is 0.340 e. The van der Waals surface area contributed by atoms with Crippen molar-refractivity contribution < 1.29 is 9.59 Å². The molecular formula is C15H25ClN4O2. The second-order valence-electron chi connectivity index (χ2n) is 5.13. The van der Waals surface area contributed by atoms with Crippen molar-refractivity contribution in [3.8, 4) is 0 Å². The predicted molar refractivity (Wildman–Crippen MR) is 91.9 cm³/mol. The summed E-state index contributed by atoms with van der Waals surface area (Å²) < 4.78 is 0. The maximum Gasteiger partial charge on any atom is 0.319 e. The van der Waals surface area contributed by atoms with Crippen LogP contribution in [0.25, 0.3) is 0 Å². The van der Waals surface area contributed by atoms with Crippen LogP contribution >= 0.6 is 12.4 Å². The molecule has 22 heavy (non-hydrogen) atoms. The normalized spacial score (nSPS) is 9.86. The molecule has 0 fully saturated rings. The smallest absolute Gasteiger partial charge is 0.319 e. The molecule has 0 aliphatic rings. The highest BCUT2D eigenvalue weighted by Crippen LogP contribution is 2.16. The summed E-state index contributed by atoms with van der Waals surface area (Å²) in [6.07, 6.45) is 0. The van der Waals surface area contributed by atoms with Crippen molar-refractivity contribution in [1.82, 2.24) is 15.5 Å². The molecule has 7 heteroatoms. The Hall–Kier alpha value is -1.79. The van der Waals surface area contributed by atoms with E-state index >= 15 is 0 Å². The molecule has 1 aromatic rings. The molecule has 0 bridgehead atoms. The van der Waals surface area contributed by atoms with E-state index in [-0.39, 0.29) is 30.4 Å². The van der Waals surface area contributed by atoms with Gasteiger partial charge in [0.1, 0.15) is 0 Å². The summed E-state index contributed by atoms with van der Waals surface area (Å²) in [6.45, 7) is 5.07. The molecule has 124 valence electrons. The van der Waals surface area contributed by atoms with E-state index in [0.29, 0.717) is 24.3 Å². The molecule has 1 rings (SSSR count). The zero-order valence-corrected chi connectivity index (χ0v) is 14.3. The number of carbonyl (C=O) groups excluding carboxylic acids is 2. The first-order chi connectivity index (χ1) is 9.95. The minimum atomic E-state index is -0.317. The van der Waals surface area contributed by atoms with Crippen LogP contribution in [0, 0.1) is 0 Å². The fourth-order valence-electron chi connectivity index (χ4n) is 1.79. The molecule has 0 aliphatic carbocycles. The third-order valence-corrected chi connectivity index (χ3v) is 2.87. The number of para-hydroxylation sites is 1. The van der Waals surface area contributed by atoms with Crippen LogP contribution < -0.4 is 16.0 Å². The Kier molecular flexibility index (Phi) is 9.21. The number of nitrogens with zero attached hydrogens (tertiary/aromatic N) is 1. The summed E-state index contributed by atoms with van der Waals surface area (Å²) in [5.41, 5.74) is 0.993. The van der Waals surface area contributed by atoms with Gasteiger partial charge in [-0.05, 0) is 33.0 Å². The number of benzene rings is 1. The summed E-state index contributed by atoms with van der Waals surface area (Å²) in [7, 11) is 3.58. The Balaban J connectivity index is 0.00000441. The number of hydrogen-bond acceptors (Lipinski definition) is 3. The first kappa shape index (κ1) is 20.2. The third kappa shape index (κ3) is 6.32. The summed E-state index contributed by atoms with van der Waals surface area (Å²) in [5, 5.41) is 8.46. The quantitative estimate of drug-likeness (QED) is 0.747. The Labute approximate surface area is 138 Å². The number of likely N-dealkylation sites (N-methyl/N-ethyl adjacent to an activating group) is 2. The van der Waals surface area contributed by atoms with Gasteiger partial charge in [0.05, 0.1) is 11.3 Å². The minimum absolute atomic E-state index is 0. The Morgan fingerprint density at radius 1 is 1.23 bits per heavy atom. The molecule has 0 saturated heterocycles. The zero-order valence-electron chi connectivity index (χ0n) is 13.5. The highest BCUT2D eigenvalue weighted by Gasteiger charge is 2.16. The van der Waals surface area contributed by atoms with Crippen LogP contribution in [0.4, 0.5) is 10.5 Å². The lowest BCUT2D eigenvalue weighted by Gasteiger charge is -2.19. The van der Waals surface area contributed by atoms with Crippen molar-refractivity contribution in [3.05, 3.63) is 29.8 Å². The van der Waals surface area contributed by atoms with Crippen molar-refractivity contribution in [2.75, 3.05) is 32.5 Å². The highest BCUT2D eigenvalue weighted by atomic mass is 35.5. The second-order valence-corrected chi connectivity index (χ2v) is 5.13. The van der Waals surface area contributed by atoms with Gasteiger partial charge in [-0.2, -0.15) is 0 Å². The topological polar surface area (TPSA) is 73.5 Å². The molecule has 0 aliphatic heterocycles. The van der Waals surface area contributed by atoms with Crippen LogP contribution in [0.5, 0.6) is 0 Å². The summed E-state index contributed by atoms with van der Waals surface area (Å²) in [6, 6.07) is 6.72. The molecule has 0 heterocycles. The maximum atomic E-state index is 12.4.